The van der Waals surface area contributed by atoms with E-state index in [1.807, 2.05) is 0 Å². The van der Waals surface area contributed by atoms with Gasteiger partial charge in [0.1, 0.15) is 6.54 Å². The van der Waals surface area contributed by atoms with Gasteiger partial charge in [0.15, 0.2) is 22.8 Å². The molecule has 3 rings (SSSR count). The predicted molar refractivity (Wildman–Crippen MR) is 154 cm³/mol. The van der Waals surface area contributed by atoms with Gasteiger partial charge in [0, 0.05) is 13.1 Å². The van der Waals surface area contributed by atoms with E-state index >= 15 is 0 Å². The Morgan fingerprint density at radius 2 is 1.46 bits per heavy atom. The minimum Gasteiger partial charge on any atom is -0.480 e. The molecule has 0 aliphatic carbocycles. The van der Waals surface area contributed by atoms with Gasteiger partial charge < -0.3 is 42.8 Å². The predicted octanol–water partition coefficient (Wildman–Crippen LogP) is 3.03. The molecule has 246 valence electrons. The molecule has 1 atom stereocenters. The average Bonchev–Trinajstić information content (AvgIpc) is 3.02. The lowest BCUT2D eigenvalue weighted by atomic mass is 10.0. The number of ether oxygens (including phenoxy) is 6. The summed E-state index contributed by atoms with van der Waals surface area (Å²) < 4.78 is 34.5. The standard InChI is InChI=1S/C29H30N2O15/c1-16(14-31-25(35)18-10-6-11-19(43-27(37)40-2)22(18)45-26(31)36)8-7-13-30(15-21(32)33)24(34)17-9-5-12-20(44-28(38)41-3)23(17)46-29(39)42-4/h5-6,9-12,16H,7-8,13-15H2,1-4H3,(H,32,33). The van der Waals surface area contributed by atoms with E-state index in [1.54, 1.807) is 6.92 Å². The fourth-order valence-electron chi connectivity index (χ4n) is 4.28. The average molecular weight is 647 g/mol. The fourth-order valence-corrected chi connectivity index (χ4v) is 4.28. The number of para-hydroxylation sites is 2. The molecule has 1 amide bonds. The summed E-state index contributed by atoms with van der Waals surface area (Å²) >= 11 is 0. The van der Waals surface area contributed by atoms with Crippen LogP contribution in [0.4, 0.5) is 14.4 Å². The molecule has 0 saturated heterocycles. The number of hydrogen-bond acceptors (Lipinski definition) is 14. The first-order chi connectivity index (χ1) is 21.9. The van der Waals surface area contributed by atoms with Crippen molar-refractivity contribution in [1.82, 2.24) is 9.47 Å². The highest BCUT2D eigenvalue weighted by Crippen LogP contribution is 2.33. The van der Waals surface area contributed by atoms with E-state index in [-0.39, 0.29) is 53.5 Å². The molecule has 0 aliphatic heterocycles. The Bertz CT molecular complexity index is 1740. The molecule has 1 unspecified atom stereocenters. The van der Waals surface area contributed by atoms with Crippen molar-refractivity contribution >= 4 is 41.3 Å². The summed E-state index contributed by atoms with van der Waals surface area (Å²) in [6.45, 7) is 0.795. The van der Waals surface area contributed by atoms with Crippen LogP contribution in [-0.2, 0) is 25.5 Å². The Kier molecular flexibility index (Phi) is 11.8. The van der Waals surface area contributed by atoms with E-state index in [2.05, 4.69) is 14.2 Å². The van der Waals surface area contributed by atoms with Gasteiger partial charge in [0.05, 0.1) is 32.3 Å². The van der Waals surface area contributed by atoms with Crippen LogP contribution in [0.15, 0.2) is 50.4 Å². The maximum Gasteiger partial charge on any atom is 0.513 e. The number of carbonyl (C=O) groups is 5. The number of aliphatic carboxylic acids is 1. The second-order valence-corrected chi connectivity index (χ2v) is 9.59. The molecule has 17 nitrogen and oxygen atoms in total. The molecule has 2 aromatic carbocycles. The Morgan fingerprint density at radius 1 is 0.870 bits per heavy atom. The summed E-state index contributed by atoms with van der Waals surface area (Å²) in [4.78, 5) is 87.0. The number of carboxylic acids is 1. The third kappa shape index (κ3) is 8.61. The largest absolute Gasteiger partial charge is 0.513 e. The highest BCUT2D eigenvalue weighted by atomic mass is 16.7. The van der Waals surface area contributed by atoms with Crippen molar-refractivity contribution in [2.24, 2.45) is 5.92 Å². The van der Waals surface area contributed by atoms with Gasteiger partial charge in [-0.1, -0.05) is 19.1 Å². The maximum absolute atomic E-state index is 13.5. The van der Waals surface area contributed by atoms with E-state index in [0.29, 0.717) is 6.42 Å². The van der Waals surface area contributed by atoms with Gasteiger partial charge in [-0.05, 0) is 43.0 Å². The number of carboxylic acid groups (broad SMARTS) is 1. The van der Waals surface area contributed by atoms with Gasteiger partial charge in [0.25, 0.3) is 11.5 Å². The number of methoxy groups -OCH3 is 3. The Labute approximate surface area is 259 Å². The molecule has 3 aromatic rings. The zero-order valence-corrected chi connectivity index (χ0v) is 25.1. The normalized spacial score (nSPS) is 11.2. The third-order valence-corrected chi connectivity index (χ3v) is 6.38. The lowest BCUT2D eigenvalue weighted by Gasteiger charge is -2.23. The zero-order valence-electron chi connectivity index (χ0n) is 25.1. The minimum absolute atomic E-state index is 0.0187. The van der Waals surface area contributed by atoms with Crippen LogP contribution in [-0.4, -0.2) is 79.3 Å². The van der Waals surface area contributed by atoms with E-state index in [9.17, 15) is 38.7 Å². The zero-order chi connectivity index (χ0) is 34.0. The van der Waals surface area contributed by atoms with Crippen LogP contribution in [0.5, 0.6) is 17.2 Å². The third-order valence-electron chi connectivity index (χ3n) is 6.38. The van der Waals surface area contributed by atoms with Crippen molar-refractivity contribution in [3.8, 4) is 17.2 Å². The summed E-state index contributed by atoms with van der Waals surface area (Å²) in [5.74, 6) is -4.60. The number of nitrogens with zero attached hydrogens (tertiary/aromatic N) is 2. The lowest BCUT2D eigenvalue weighted by Crippen LogP contribution is -2.37. The van der Waals surface area contributed by atoms with E-state index in [0.717, 1.165) is 30.8 Å². The summed E-state index contributed by atoms with van der Waals surface area (Å²) in [5.41, 5.74) is -1.23. The molecular weight excluding hydrogens is 616 g/mol. The smallest absolute Gasteiger partial charge is 0.480 e. The molecule has 0 radical (unpaired) electrons. The number of benzene rings is 2. The Balaban J connectivity index is 1.79. The van der Waals surface area contributed by atoms with Gasteiger partial charge in [-0.2, -0.15) is 0 Å². The number of fused-ring (bicyclic) bond motifs is 1. The lowest BCUT2D eigenvalue weighted by molar-refractivity contribution is -0.137. The molecule has 1 N–H and O–H groups in total. The molecule has 0 bridgehead atoms. The number of carbonyl (C=O) groups excluding carboxylic acids is 4. The summed E-state index contributed by atoms with van der Waals surface area (Å²) in [7, 11) is 3.14. The van der Waals surface area contributed by atoms with Crippen molar-refractivity contribution in [3.63, 3.8) is 0 Å². The summed E-state index contributed by atoms with van der Waals surface area (Å²) in [5, 5.41) is 9.45. The first-order valence-electron chi connectivity index (χ1n) is 13.5. The van der Waals surface area contributed by atoms with Gasteiger partial charge in [-0.3, -0.25) is 14.4 Å². The van der Waals surface area contributed by atoms with Crippen LogP contribution < -0.4 is 25.5 Å². The highest BCUT2D eigenvalue weighted by Gasteiger charge is 2.27. The number of aromatic nitrogens is 1. The maximum atomic E-state index is 13.5. The van der Waals surface area contributed by atoms with Crippen LogP contribution in [0.1, 0.15) is 30.1 Å². The van der Waals surface area contributed by atoms with Crippen molar-refractivity contribution in [1.29, 1.82) is 0 Å². The molecule has 1 heterocycles. The number of rotatable bonds is 12. The minimum atomic E-state index is -1.34. The van der Waals surface area contributed by atoms with Gasteiger partial charge in [0.2, 0.25) is 0 Å². The second kappa shape index (κ2) is 15.7. The molecule has 1 aromatic heterocycles. The van der Waals surface area contributed by atoms with Crippen molar-refractivity contribution in [2.45, 2.75) is 26.3 Å². The summed E-state index contributed by atoms with van der Waals surface area (Å²) in [6, 6.07) is 7.91. The van der Waals surface area contributed by atoms with E-state index in [4.69, 9.17) is 18.6 Å². The van der Waals surface area contributed by atoms with Crippen molar-refractivity contribution in [3.05, 3.63) is 62.9 Å². The molecule has 0 spiro atoms. The molecule has 46 heavy (non-hydrogen) atoms. The summed E-state index contributed by atoms with van der Waals surface area (Å²) in [6.07, 6.45) is -2.95. The Hall–Kier alpha value is -5.87. The van der Waals surface area contributed by atoms with Crippen molar-refractivity contribution in [2.75, 3.05) is 34.4 Å². The topological polar surface area (TPSA) is 216 Å². The molecule has 0 fully saturated rings. The SMILES string of the molecule is COC(=O)Oc1cccc(C(=O)N(CCCC(C)Cn2c(=O)oc3c(OC(=O)OC)cccc3c2=O)CC(=O)O)c1OC(=O)OC. The van der Waals surface area contributed by atoms with Crippen molar-refractivity contribution < 1.29 is 61.9 Å². The fraction of sp³-hybridized carbons (Fsp3) is 0.345. The monoisotopic (exact) mass is 646 g/mol. The number of amides is 1. The van der Waals surface area contributed by atoms with Gasteiger partial charge >= 0.3 is 30.2 Å². The van der Waals surface area contributed by atoms with Gasteiger partial charge in [-0.15, -0.1) is 0 Å². The van der Waals surface area contributed by atoms with Gasteiger partial charge in [-0.25, -0.2) is 23.7 Å². The first kappa shape index (κ1) is 34.6. The number of hydrogen-bond donors (Lipinski definition) is 1. The van der Waals surface area contributed by atoms with Crippen LogP contribution in [0.25, 0.3) is 11.0 Å². The van der Waals surface area contributed by atoms with Crippen LogP contribution >= 0.6 is 0 Å². The van der Waals surface area contributed by atoms with Crippen LogP contribution in [0, 0.1) is 5.92 Å². The first-order valence-corrected chi connectivity index (χ1v) is 13.5. The molecule has 0 saturated carbocycles. The molecule has 17 heteroatoms. The second-order valence-electron chi connectivity index (χ2n) is 9.59. The molecular formula is C29H30N2O15. The van der Waals surface area contributed by atoms with Crippen LogP contribution in [0.3, 0.4) is 0 Å². The Morgan fingerprint density at radius 3 is 2.09 bits per heavy atom. The van der Waals surface area contributed by atoms with Crippen LogP contribution in [0.2, 0.25) is 0 Å². The molecule has 0 aliphatic rings. The quantitative estimate of drug-likeness (QED) is 0.170. The van der Waals surface area contributed by atoms with E-state index in [1.165, 1.54) is 36.4 Å². The highest BCUT2D eigenvalue weighted by molar-refractivity contribution is 6.00. The van der Waals surface area contributed by atoms with E-state index < -0.39 is 54.0 Å².